The molecule has 2 rings (SSSR count). The Morgan fingerprint density at radius 2 is 2.26 bits per heavy atom. The first-order valence-corrected chi connectivity index (χ1v) is 7.76. The predicted molar refractivity (Wildman–Crippen MR) is 70.1 cm³/mol. The molecule has 1 heterocycles. The number of aromatic nitrogens is 1. The summed E-state index contributed by atoms with van der Waals surface area (Å²) in [7, 11) is -1.85. The highest BCUT2D eigenvalue weighted by atomic mass is 32.2. The van der Waals surface area contributed by atoms with Crippen molar-refractivity contribution in [1.29, 1.82) is 0 Å². The lowest BCUT2D eigenvalue weighted by molar-refractivity contribution is 0.173. The van der Waals surface area contributed by atoms with Gasteiger partial charge < -0.3 is 14.8 Å². The number of ether oxygens (including phenoxy) is 1. The van der Waals surface area contributed by atoms with E-state index >= 15 is 0 Å². The van der Waals surface area contributed by atoms with Crippen LogP contribution >= 0.6 is 0 Å². The Balaban J connectivity index is 1.94. The summed E-state index contributed by atoms with van der Waals surface area (Å²) in [5, 5.41) is 8.92. The van der Waals surface area contributed by atoms with E-state index in [1.807, 2.05) is 0 Å². The van der Waals surface area contributed by atoms with Crippen molar-refractivity contribution in [3.05, 3.63) is 18.0 Å². The quantitative estimate of drug-likeness (QED) is 0.653. The van der Waals surface area contributed by atoms with Crippen LogP contribution in [0.2, 0.25) is 0 Å². The van der Waals surface area contributed by atoms with Crippen molar-refractivity contribution in [2.75, 3.05) is 20.3 Å². The fourth-order valence-electron chi connectivity index (χ4n) is 2.01. The third-order valence-corrected chi connectivity index (χ3v) is 5.01. The molecule has 1 aromatic rings. The number of aliphatic hydroxyl groups excluding tert-OH is 1. The molecule has 1 saturated carbocycles. The van der Waals surface area contributed by atoms with Crippen LogP contribution in [0.4, 0.5) is 0 Å². The van der Waals surface area contributed by atoms with Crippen LogP contribution < -0.4 is 4.72 Å². The molecule has 0 saturated heterocycles. The summed E-state index contributed by atoms with van der Waals surface area (Å²) in [6.45, 7) is 0.895. The molecule has 0 atom stereocenters. The van der Waals surface area contributed by atoms with Gasteiger partial charge in [-0.25, -0.2) is 13.1 Å². The molecule has 0 bridgehead atoms. The maximum atomic E-state index is 12.1. The second-order valence-corrected chi connectivity index (χ2v) is 6.85. The first kappa shape index (κ1) is 14.5. The first-order chi connectivity index (χ1) is 9.01. The van der Waals surface area contributed by atoms with Crippen molar-refractivity contribution in [2.24, 2.45) is 5.41 Å². The number of aromatic amines is 1. The van der Waals surface area contributed by atoms with Gasteiger partial charge in [0.25, 0.3) is 0 Å². The maximum absolute atomic E-state index is 12.1. The number of sulfonamides is 1. The van der Waals surface area contributed by atoms with E-state index in [0.717, 1.165) is 19.3 Å². The van der Waals surface area contributed by atoms with Gasteiger partial charge in [-0.1, -0.05) is 0 Å². The van der Waals surface area contributed by atoms with Crippen LogP contribution in [0, 0.1) is 5.41 Å². The summed E-state index contributed by atoms with van der Waals surface area (Å²) in [6, 6.07) is 1.44. The van der Waals surface area contributed by atoms with E-state index in [0.29, 0.717) is 18.8 Å². The number of H-pyrrole nitrogens is 1. The average Bonchev–Trinajstić information content (AvgIpc) is 2.99. The van der Waals surface area contributed by atoms with Crippen molar-refractivity contribution in [3.63, 3.8) is 0 Å². The summed E-state index contributed by atoms with van der Waals surface area (Å²) in [5.41, 5.74) is 0.556. The van der Waals surface area contributed by atoms with Gasteiger partial charge in [-0.05, 0) is 30.7 Å². The molecular formula is C12H20N2O4S. The molecule has 19 heavy (non-hydrogen) atoms. The van der Waals surface area contributed by atoms with Crippen molar-refractivity contribution < 1.29 is 18.3 Å². The zero-order chi connectivity index (χ0) is 13.9. The fourth-order valence-corrected chi connectivity index (χ4v) is 3.18. The summed E-state index contributed by atoms with van der Waals surface area (Å²) in [6.07, 6.45) is 4.34. The molecule has 0 spiro atoms. The standard InChI is InChI=1S/C12H20N2O4S/c1-18-5-4-12(2-3-12)9-14-19(16,17)11-6-10(8-15)13-7-11/h6-7,13-15H,2-5,8-9H2,1H3. The smallest absolute Gasteiger partial charge is 0.242 e. The van der Waals surface area contributed by atoms with Crippen LogP contribution in [0.3, 0.4) is 0 Å². The molecule has 1 aliphatic carbocycles. The Labute approximate surface area is 113 Å². The number of nitrogens with one attached hydrogen (secondary N) is 2. The SMILES string of the molecule is COCCC1(CNS(=O)(=O)c2c[nH]c(CO)c2)CC1. The Kier molecular flexibility index (Phi) is 4.29. The highest BCUT2D eigenvalue weighted by Gasteiger charge is 2.42. The van der Waals surface area contributed by atoms with Crippen LogP contribution in [-0.4, -0.2) is 38.8 Å². The zero-order valence-electron chi connectivity index (χ0n) is 11.0. The first-order valence-electron chi connectivity index (χ1n) is 6.28. The van der Waals surface area contributed by atoms with E-state index in [-0.39, 0.29) is 16.9 Å². The molecule has 7 heteroatoms. The van der Waals surface area contributed by atoms with Crippen molar-refractivity contribution in [1.82, 2.24) is 9.71 Å². The zero-order valence-corrected chi connectivity index (χ0v) is 11.8. The van der Waals surface area contributed by atoms with Gasteiger partial charge in [-0.2, -0.15) is 0 Å². The molecule has 108 valence electrons. The summed E-state index contributed by atoms with van der Waals surface area (Å²) >= 11 is 0. The monoisotopic (exact) mass is 288 g/mol. The van der Waals surface area contributed by atoms with Crippen molar-refractivity contribution >= 4 is 10.0 Å². The summed E-state index contributed by atoms with van der Waals surface area (Å²) < 4.78 is 31.8. The second-order valence-electron chi connectivity index (χ2n) is 5.09. The van der Waals surface area contributed by atoms with Gasteiger partial charge in [0, 0.05) is 32.2 Å². The molecule has 0 aromatic carbocycles. The predicted octanol–water partition coefficient (Wildman–Crippen LogP) is 0.602. The largest absolute Gasteiger partial charge is 0.390 e. The lowest BCUT2D eigenvalue weighted by Gasteiger charge is -2.15. The van der Waals surface area contributed by atoms with Crippen LogP contribution in [0.1, 0.15) is 25.0 Å². The lowest BCUT2D eigenvalue weighted by Crippen LogP contribution is -2.30. The average molecular weight is 288 g/mol. The summed E-state index contributed by atoms with van der Waals surface area (Å²) in [5.74, 6) is 0. The van der Waals surface area contributed by atoms with Crippen LogP contribution in [0.25, 0.3) is 0 Å². The third kappa shape index (κ3) is 3.56. The van der Waals surface area contributed by atoms with Gasteiger partial charge in [0.15, 0.2) is 0 Å². The molecule has 6 nitrogen and oxygen atoms in total. The molecule has 0 aliphatic heterocycles. The van der Waals surface area contributed by atoms with Crippen LogP contribution in [0.5, 0.6) is 0 Å². The molecule has 1 aliphatic rings. The Morgan fingerprint density at radius 3 is 2.79 bits per heavy atom. The van der Waals surface area contributed by atoms with E-state index in [2.05, 4.69) is 9.71 Å². The lowest BCUT2D eigenvalue weighted by atomic mass is 10.0. The van der Waals surface area contributed by atoms with E-state index in [1.165, 1.54) is 12.3 Å². The topological polar surface area (TPSA) is 91.4 Å². The Bertz CT molecular complexity index is 520. The number of hydrogen-bond donors (Lipinski definition) is 3. The fraction of sp³-hybridized carbons (Fsp3) is 0.667. The van der Waals surface area contributed by atoms with Gasteiger partial charge in [-0.15, -0.1) is 0 Å². The Hall–Kier alpha value is -0.890. The minimum Gasteiger partial charge on any atom is -0.390 e. The van der Waals surface area contributed by atoms with Crippen LogP contribution in [-0.2, 0) is 21.4 Å². The van der Waals surface area contributed by atoms with Gasteiger partial charge in [0.1, 0.15) is 0 Å². The second kappa shape index (κ2) is 5.62. The number of aliphatic hydroxyl groups is 1. The van der Waals surface area contributed by atoms with Crippen molar-refractivity contribution in [2.45, 2.75) is 30.8 Å². The minimum absolute atomic E-state index is 0.0686. The summed E-state index contributed by atoms with van der Waals surface area (Å²) in [4.78, 5) is 2.89. The van der Waals surface area contributed by atoms with Gasteiger partial charge in [-0.3, -0.25) is 0 Å². The number of methoxy groups -OCH3 is 1. The van der Waals surface area contributed by atoms with Gasteiger partial charge in [0.05, 0.1) is 11.5 Å². The Morgan fingerprint density at radius 1 is 1.53 bits per heavy atom. The van der Waals surface area contributed by atoms with E-state index < -0.39 is 10.0 Å². The molecular weight excluding hydrogens is 268 g/mol. The van der Waals surface area contributed by atoms with Gasteiger partial charge in [0.2, 0.25) is 10.0 Å². The maximum Gasteiger partial charge on any atom is 0.242 e. The molecule has 0 radical (unpaired) electrons. The van der Waals surface area contributed by atoms with E-state index in [4.69, 9.17) is 9.84 Å². The number of rotatable bonds is 8. The minimum atomic E-state index is -3.50. The third-order valence-electron chi connectivity index (χ3n) is 3.63. The molecule has 3 N–H and O–H groups in total. The molecule has 1 aromatic heterocycles. The molecule has 1 fully saturated rings. The van der Waals surface area contributed by atoms with E-state index in [9.17, 15) is 8.42 Å². The van der Waals surface area contributed by atoms with Gasteiger partial charge >= 0.3 is 0 Å². The highest BCUT2D eigenvalue weighted by Crippen LogP contribution is 2.48. The normalized spacial score (nSPS) is 17.6. The van der Waals surface area contributed by atoms with Crippen molar-refractivity contribution in [3.8, 4) is 0 Å². The van der Waals surface area contributed by atoms with Crippen LogP contribution in [0.15, 0.2) is 17.2 Å². The molecule has 0 amide bonds. The number of hydrogen-bond acceptors (Lipinski definition) is 4. The van der Waals surface area contributed by atoms with E-state index in [1.54, 1.807) is 7.11 Å². The molecule has 0 unspecified atom stereocenters. The highest BCUT2D eigenvalue weighted by molar-refractivity contribution is 7.89.